The number of rotatable bonds is 3. The van der Waals surface area contributed by atoms with Gasteiger partial charge in [-0.15, -0.1) is 0 Å². The van der Waals surface area contributed by atoms with Gasteiger partial charge >= 0.3 is 0 Å². The molecule has 0 N–H and O–H groups in total. The number of likely N-dealkylation sites (N-methyl/N-ethyl adjacent to an activating group) is 1. The van der Waals surface area contributed by atoms with E-state index in [1.54, 1.807) is 0 Å². The fourth-order valence-electron chi connectivity index (χ4n) is 5.01. The summed E-state index contributed by atoms with van der Waals surface area (Å²) in [6.45, 7) is 7.60. The Morgan fingerprint density at radius 3 is 2.52 bits per heavy atom. The fourth-order valence-corrected chi connectivity index (χ4v) is 5.01. The molecule has 1 aromatic heterocycles. The predicted octanol–water partition coefficient (Wildman–Crippen LogP) is 0.627. The van der Waals surface area contributed by atoms with E-state index < -0.39 is 0 Å². The zero-order chi connectivity index (χ0) is 21.0. The van der Waals surface area contributed by atoms with Crippen molar-refractivity contribution in [1.29, 1.82) is 0 Å². The van der Waals surface area contributed by atoms with Crippen LogP contribution in [-0.2, 0) is 11.2 Å². The van der Waals surface area contributed by atoms with Gasteiger partial charge in [0.05, 0.1) is 5.92 Å². The molecule has 0 bridgehead atoms. The quantitative estimate of drug-likeness (QED) is 0.729. The monoisotopic (exact) mass is 385 g/mol. The fraction of sp³-hybridized carbons (Fsp3) is 0.455. The molecule has 146 valence electrons. The van der Waals surface area contributed by atoms with Crippen LogP contribution in [-0.4, -0.2) is 74.6 Å². The Kier molecular flexibility index (Phi) is 4.97. The van der Waals surface area contributed by atoms with Crippen LogP contribution in [0.2, 0.25) is 0 Å². The van der Waals surface area contributed by atoms with Gasteiger partial charge in [0, 0.05) is 43.5 Å². The van der Waals surface area contributed by atoms with Crippen molar-refractivity contribution >= 4 is 55.0 Å². The number of aromatic nitrogens is 1. The lowest BCUT2D eigenvalue weighted by atomic mass is 9.76. The minimum atomic E-state index is -0.187. The van der Waals surface area contributed by atoms with E-state index in [2.05, 4.69) is 18.0 Å². The van der Waals surface area contributed by atoms with E-state index in [-0.39, 0.29) is 23.8 Å². The molecular weight excluding hydrogens is 360 g/mol. The average molecular weight is 385 g/mol. The molecule has 1 aromatic carbocycles. The first-order valence-electron chi connectivity index (χ1n) is 10.2. The third kappa shape index (κ3) is 2.90. The third-order valence-corrected chi connectivity index (χ3v) is 6.46. The van der Waals surface area contributed by atoms with Gasteiger partial charge in [0.15, 0.2) is 0 Å². The van der Waals surface area contributed by atoms with Gasteiger partial charge in [-0.05, 0) is 49.6 Å². The van der Waals surface area contributed by atoms with Crippen molar-refractivity contribution < 1.29 is 9.59 Å². The van der Waals surface area contributed by atoms with Crippen LogP contribution in [0.25, 0.3) is 16.5 Å². The van der Waals surface area contributed by atoms with Crippen LogP contribution in [0, 0.1) is 5.92 Å². The van der Waals surface area contributed by atoms with Crippen molar-refractivity contribution in [2.24, 2.45) is 5.92 Å². The van der Waals surface area contributed by atoms with Crippen LogP contribution >= 0.6 is 0 Å². The summed E-state index contributed by atoms with van der Waals surface area (Å²) in [6.07, 6.45) is 2.83. The van der Waals surface area contributed by atoms with Gasteiger partial charge in [-0.2, -0.15) is 0 Å². The smallest absolute Gasteiger partial charge is 0.230 e. The first-order valence-corrected chi connectivity index (χ1v) is 10.2. The highest BCUT2D eigenvalue weighted by atomic mass is 16.2. The van der Waals surface area contributed by atoms with E-state index in [0.717, 1.165) is 22.1 Å². The second-order valence-electron chi connectivity index (χ2n) is 8.04. The Morgan fingerprint density at radius 2 is 1.90 bits per heavy atom. The molecule has 4 radical (unpaired) electrons. The molecule has 2 unspecified atom stereocenters. The van der Waals surface area contributed by atoms with Crippen LogP contribution in [0.4, 0.5) is 0 Å². The summed E-state index contributed by atoms with van der Waals surface area (Å²) in [5, 5.41) is 0.949. The van der Waals surface area contributed by atoms with Gasteiger partial charge < -0.3 is 4.90 Å². The topological polar surface area (TPSA) is 45.6 Å². The summed E-state index contributed by atoms with van der Waals surface area (Å²) in [6, 6.07) is 3.96. The van der Waals surface area contributed by atoms with Crippen molar-refractivity contribution in [3.8, 4) is 0 Å². The molecule has 0 saturated carbocycles. The normalized spacial score (nSPS) is 21.0. The molecule has 2 heterocycles. The molecule has 5 nitrogen and oxygen atoms in total. The molecule has 2 atom stereocenters. The number of benzene rings is 1. The van der Waals surface area contributed by atoms with Crippen molar-refractivity contribution in [2.75, 3.05) is 26.7 Å². The number of carbonyl (C=O) groups excluding carboxylic acids is 2. The third-order valence-electron chi connectivity index (χ3n) is 6.46. The number of hydrogen-bond acceptors (Lipinski definition) is 3. The van der Waals surface area contributed by atoms with E-state index in [1.807, 2.05) is 30.9 Å². The lowest BCUT2D eigenvalue weighted by Gasteiger charge is -2.40. The summed E-state index contributed by atoms with van der Waals surface area (Å²) in [5.74, 6) is -0.178. The second kappa shape index (κ2) is 7.21. The van der Waals surface area contributed by atoms with Crippen LogP contribution < -0.4 is 11.1 Å². The van der Waals surface area contributed by atoms with Crippen LogP contribution in [0.15, 0.2) is 18.2 Å². The highest BCUT2D eigenvalue weighted by Gasteiger charge is 2.38. The molecule has 2 aromatic rings. The lowest BCUT2D eigenvalue weighted by Crippen LogP contribution is -2.48. The maximum Gasteiger partial charge on any atom is 0.230 e. The summed E-state index contributed by atoms with van der Waals surface area (Å²) in [7, 11) is 14.7. The Bertz CT molecular complexity index is 1050. The molecule has 1 amide bonds. The number of amides is 1. The summed E-state index contributed by atoms with van der Waals surface area (Å²) >= 11 is 0. The van der Waals surface area contributed by atoms with E-state index in [1.165, 1.54) is 11.5 Å². The number of hydrogen-bond donors (Lipinski definition) is 0. The number of carbonyl (C=O) groups is 2. The van der Waals surface area contributed by atoms with E-state index in [4.69, 9.17) is 15.7 Å². The SMILES string of the molecule is [B]c1ccc2c3c(c([B])n(C(C)=O)c13)CC1C2=CC(C(=O)N(CC)CC)CN1C. The Morgan fingerprint density at radius 1 is 1.21 bits per heavy atom. The largest absolute Gasteiger partial charge is 0.343 e. The zero-order valence-corrected chi connectivity index (χ0v) is 17.5. The summed E-state index contributed by atoms with van der Waals surface area (Å²) in [4.78, 5) is 29.5. The maximum atomic E-state index is 13.0. The lowest BCUT2D eigenvalue weighted by molar-refractivity contribution is -0.134. The van der Waals surface area contributed by atoms with Crippen molar-refractivity contribution in [1.82, 2.24) is 14.4 Å². The molecule has 0 spiro atoms. The predicted molar refractivity (Wildman–Crippen MR) is 119 cm³/mol. The molecule has 1 aliphatic heterocycles. The summed E-state index contributed by atoms with van der Waals surface area (Å²) in [5.41, 5.74) is 4.82. The van der Waals surface area contributed by atoms with E-state index in [0.29, 0.717) is 42.6 Å². The van der Waals surface area contributed by atoms with E-state index in [9.17, 15) is 9.59 Å². The van der Waals surface area contributed by atoms with Crippen LogP contribution in [0.1, 0.15) is 36.7 Å². The highest BCUT2D eigenvalue weighted by Crippen LogP contribution is 2.40. The molecule has 0 fully saturated rings. The first-order chi connectivity index (χ1) is 13.8. The minimum Gasteiger partial charge on any atom is -0.343 e. The number of nitrogens with zero attached hydrogens (tertiary/aromatic N) is 3. The van der Waals surface area contributed by atoms with Crippen molar-refractivity contribution in [3.05, 3.63) is 29.3 Å². The van der Waals surface area contributed by atoms with Crippen molar-refractivity contribution in [3.63, 3.8) is 0 Å². The van der Waals surface area contributed by atoms with Gasteiger partial charge in [-0.25, -0.2) is 0 Å². The van der Waals surface area contributed by atoms with E-state index >= 15 is 0 Å². The summed E-state index contributed by atoms with van der Waals surface area (Å²) < 4.78 is 1.53. The molecule has 2 aliphatic rings. The van der Waals surface area contributed by atoms with Crippen LogP contribution in [0.3, 0.4) is 0 Å². The maximum absolute atomic E-state index is 13.0. The zero-order valence-electron chi connectivity index (χ0n) is 17.5. The van der Waals surface area contributed by atoms with Gasteiger partial charge in [0.2, 0.25) is 11.8 Å². The second-order valence-corrected chi connectivity index (χ2v) is 8.04. The molecule has 4 rings (SSSR count). The standard InChI is InChI=1S/C22H25B2N3O2/c1-5-26(6-2)22(29)13-9-15-14-7-8-17(23)20-19(14)16(10-18(15)25(4)11-13)21(24)27(20)12(3)28/h7-9,13,18H,5-6,10-11H2,1-4H3. The molecule has 7 heteroatoms. The molecular formula is C22H25B2N3O2. The molecule has 1 aliphatic carbocycles. The first kappa shape index (κ1) is 20.0. The van der Waals surface area contributed by atoms with Crippen molar-refractivity contribution in [2.45, 2.75) is 33.2 Å². The Balaban J connectivity index is 1.92. The number of fused-ring (bicyclic) bond motifs is 2. The molecule has 29 heavy (non-hydrogen) atoms. The minimum absolute atomic E-state index is 0.125. The Hall–Kier alpha value is -2.27. The molecule has 0 saturated heterocycles. The van der Waals surface area contributed by atoms with Gasteiger partial charge in [-0.1, -0.05) is 23.7 Å². The van der Waals surface area contributed by atoms with Gasteiger partial charge in [0.1, 0.15) is 15.7 Å². The highest BCUT2D eigenvalue weighted by molar-refractivity contribution is 6.43. The Labute approximate surface area is 174 Å². The van der Waals surface area contributed by atoms with Crippen LogP contribution in [0.5, 0.6) is 0 Å². The average Bonchev–Trinajstić information content (AvgIpc) is 2.99. The van der Waals surface area contributed by atoms with Gasteiger partial charge in [0.25, 0.3) is 0 Å². The van der Waals surface area contributed by atoms with Gasteiger partial charge in [-0.3, -0.25) is 19.1 Å².